The minimum absolute atomic E-state index is 0.0397. The average Bonchev–Trinajstić information content (AvgIpc) is 2.95. The van der Waals surface area contributed by atoms with Crippen molar-refractivity contribution in [2.45, 2.75) is 45.7 Å². The lowest BCUT2D eigenvalue weighted by atomic mass is 10.1. The molecule has 146 valence electrons. The molecule has 1 aromatic heterocycles. The smallest absolute Gasteiger partial charge is 0.230 e. The fourth-order valence-electron chi connectivity index (χ4n) is 3.09. The van der Waals surface area contributed by atoms with Gasteiger partial charge in [-0.25, -0.2) is 0 Å². The van der Waals surface area contributed by atoms with E-state index in [0.717, 1.165) is 28.4 Å². The van der Waals surface area contributed by atoms with Crippen LogP contribution in [0, 0.1) is 27.7 Å². The Morgan fingerprint density at radius 2 is 1.79 bits per heavy atom. The first kappa shape index (κ1) is 20.2. The molecule has 0 aliphatic heterocycles. The summed E-state index contributed by atoms with van der Waals surface area (Å²) in [7, 11) is 0. The lowest BCUT2D eigenvalue weighted by Gasteiger charge is -2.08. The molecule has 0 saturated carbocycles. The number of amides is 1. The zero-order valence-electron chi connectivity index (χ0n) is 17.0. The van der Waals surface area contributed by atoms with Gasteiger partial charge in [0, 0.05) is 22.7 Å². The molecule has 3 aromatic rings. The highest BCUT2D eigenvalue weighted by Gasteiger charge is 2.13. The molecular formula is C23H27N3OS. The molecule has 1 heterocycles. The third-order valence-electron chi connectivity index (χ3n) is 5.02. The third kappa shape index (κ3) is 5.04. The Bertz CT molecular complexity index is 963. The van der Waals surface area contributed by atoms with Gasteiger partial charge in [0.1, 0.15) is 0 Å². The first-order valence-corrected chi connectivity index (χ1v) is 10.5. The van der Waals surface area contributed by atoms with Gasteiger partial charge in [0.25, 0.3) is 0 Å². The molecule has 3 rings (SSSR count). The van der Waals surface area contributed by atoms with Gasteiger partial charge < -0.3 is 5.32 Å². The highest BCUT2D eigenvalue weighted by molar-refractivity contribution is 8.00. The number of carbonyl (C=O) groups excluding carboxylic acids is 1. The van der Waals surface area contributed by atoms with E-state index >= 15 is 0 Å². The van der Waals surface area contributed by atoms with Crippen molar-refractivity contribution in [3.05, 3.63) is 82.2 Å². The van der Waals surface area contributed by atoms with Crippen LogP contribution in [-0.4, -0.2) is 21.4 Å². The van der Waals surface area contributed by atoms with E-state index < -0.39 is 0 Å². The second-order valence-electron chi connectivity index (χ2n) is 7.10. The van der Waals surface area contributed by atoms with Gasteiger partial charge in [-0.3, -0.25) is 9.48 Å². The molecule has 0 aliphatic rings. The molecule has 0 atom stereocenters. The van der Waals surface area contributed by atoms with Crippen LogP contribution in [0.2, 0.25) is 0 Å². The standard InChI is InChI=1S/C23H27N3OS/c1-16-10-11-21(12-17(16)2)28-15-23(27)24-13-22-18(3)25-26(19(22)4)14-20-8-6-5-7-9-20/h5-12H,13-15H2,1-4H3,(H,24,27). The molecule has 0 fully saturated rings. The van der Waals surface area contributed by atoms with Crippen molar-refractivity contribution in [2.75, 3.05) is 5.75 Å². The van der Waals surface area contributed by atoms with Crippen molar-refractivity contribution in [3.63, 3.8) is 0 Å². The number of hydrogen-bond acceptors (Lipinski definition) is 3. The molecule has 0 bridgehead atoms. The van der Waals surface area contributed by atoms with Gasteiger partial charge in [0.2, 0.25) is 5.91 Å². The second-order valence-corrected chi connectivity index (χ2v) is 8.15. The summed E-state index contributed by atoms with van der Waals surface area (Å²) in [5.74, 6) is 0.455. The number of thioether (sulfide) groups is 1. The van der Waals surface area contributed by atoms with Gasteiger partial charge in [-0.15, -0.1) is 11.8 Å². The Labute approximate surface area is 171 Å². The summed E-state index contributed by atoms with van der Waals surface area (Å²) in [6, 6.07) is 16.6. The highest BCUT2D eigenvalue weighted by atomic mass is 32.2. The van der Waals surface area contributed by atoms with E-state index in [1.165, 1.54) is 16.7 Å². The lowest BCUT2D eigenvalue weighted by Crippen LogP contribution is -2.25. The second kappa shape index (κ2) is 9.11. The van der Waals surface area contributed by atoms with Gasteiger partial charge in [-0.05, 0) is 56.5 Å². The van der Waals surface area contributed by atoms with Crippen molar-refractivity contribution >= 4 is 17.7 Å². The van der Waals surface area contributed by atoms with E-state index in [-0.39, 0.29) is 5.91 Å². The number of rotatable bonds is 7. The summed E-state index contributed by atoms with van der Waals surface area (Å²) in [6.45, 7) is 9.51. The van der Waals surface area contributed by atoms with Crippen molar-refractivity contribution in [1.29, 1.82) is 0 Å². The molecule has 1 N–H and O–H groups in total. The molecule has 4 nitrogen and oxygen atoms in total. The molecule has 2 aromatic carbocycles. The summed E-state index contributed by atoms with van der Waals surface area (Å²) in [5, 5.41) is 7.70. The molecule has 28 heavy (non-hydrogen) atoms. The number of nitrogens with one attached hydrogen (secondary N) is 1. The molecule has 0 aliphatic carbocycles. The predicted octanol–water partition coefficient (Wildman–Crippen LogP) is 4.57. The largest absolute Gasteiger partial charge is 0.351 e. The van der Waals surface area contributed by atoms with Crippen molar-refractivity contribution in [1.82, 2.24) is 15.1 Å². The van der Waals surface area contributed by atoms with Gasteiger partial charge in [-0.1, -0.05) is 36.4 Å². The van der Waals surface area contributed by atoms with Gasteiger partial charge in [0.05, 0.1) is 18.0 Å². The Kier molecular flexibility index (Phi) is 6.57. The van der Waals surface area contributed by atoms with E-state index in [0.29, 0.717) is 12.3 Å². The highest BCUT2D eigenvalue weighted by Crippen LogP contribution is 2.21. The average molecular weight is 394 g/mol. The maximum atomic E-state index is 12.3. The maximum absolute atomic E-state index is 12.3. The lowest BCUT2D eigenvalue weighted by molar-refractivity contribution is -0.118. The topological polar surface area (TPSA) is 46.9 Å². The monoisotopic (exact) mass is 393 g/mol. The maximum Gasteiger partial charge on any atom is 0.230 e. The van der Waals surface area contributed by atoms with Crippen molar-refractivity contribution < 1.29 is 4.79 Å². The minimum atomic E-state index is 0.0397. The predicted molar refractivity (Wildman–Crippen MR) is 116 cm³/mol. The van der Waals surface area contributed by atoms with Crippen LogP contribution in [0.4, 0.5) is 0 Å². The first-order chi connectivity index (χ1) is 13.4. The number of carbonyl (C=O) groups is 1. The first-order valence-electron chi connectivity index (χ1n) is 9.47. The molecule has 0 saturated heterocycles. The summed E-state index contributed by atoms with van der Waals surface area (Å²) >= 11 is 1.57. The van der Waals surface area contributed by atoms with Crippen LogP contribution in [0.25, 0.3) is 0 Å². The Hall–Kier alpha value is -2.53. The normalized spacial score (nSPS) is 10.9. The van der Waals surface area contributed by atoms with E-state index in [1.807, 2.05) is 29.8 Å². The summed E-state index contributed by atoms with van der Waals surface area (Å²) in [6.07, 6.45) is 0. The molecule has 5 heteroatoms. The molecule has 1 amide bonds. The van der Waals surface area contributed by atoms with Crippen LogP contribution in [-0.2, 0) is 17.9 Å². The van der Waals surface area contributed by atoms with Gasteiger partial charge >= 0.3 is 0 Å². The van der Waals surface area contributed by atoms with Crippen LogP contribution in [0.5, 0.6) is 0 Å². The van der Waals surface area contributed by atoms with Gasteiger partial charge in [-0.2, -0.15) is 5.10 Å². The Morgan fingerprint density at radius 3 is 2.50 bits per heavy atom. The number of aromatic nitrogens is 2. The quantitative estimate of drug-likeness (QED) is 0.598. The van der Waals surface area contributed by atoms with Crippen LogP contribution >= 0.6 is 11.8 Å². The SMILES string of the molecule is Cc1ccc(SCC(=O)NCc2c(C)nn(Cc3ccccc3)c2C)cc1C. The van der Waals surface area contributed by atoms with Crippen LogP contribution in [0.15, 0.2) is 53.4 Å². The zero-order valence-corrected chi connectivity index (χ0v) is 17.8. The number of nitrogens with zero attached hydrogens (tertiary/aromatic N) is 2. The minimum Gasteiger partial charge on any atom is -0.351 e. The van der Waals surface area contributed by atoms with E-state index in [2.05, 4.69) is 61.5 Å². The van der Waals surface area contributed by atoms with E-state index in [4.69, 9.17) is 0 Å². The fraction of sp³-hybridized carbons (Fsp3) is 0.304. The number of aryl methyl sites for hydroxylation is 3. The van der Waals surface area contributed by atoms with Crippen LogP contribution in [0.1, 0.15) is 33.6 Å². The van der Waals surface area contributed by atoms with Crippen molar-refractivity contribution in [3.8, 4) is 0 Å². The number of hydrogen-bond donors (Lipinski definition) is 1. The fourth-order valence-corrected chi connectivity index (χ4v) is 3.91. The molecule has 0 radical (unpaired) electrons. The van der Waals surface area contributed by atoms with Gasteiger partial charge in [0.15, 0.2) is 0 Å². The summed E-state index contributed by atoms with van der Waals surface area (Å²) in [4.78, 5) is 13.4. The van der Waals surface area contributed by atoms with Crippen molar-refractivity contribution in [2.24, 2.45) is 0 Å². The summed E-state index contributed by atoms with van der Waals surface area (Å²) in [5.41, 5.74) is 6.91. The summed E-state index contributed by atoms with van der Waals surface area (Å²) < 4.78 is 2.01. The zero-order chi connectivity index (χ0) is 20.1. The van der Waals surface area contributed by atoms with E-state index in [9.17, 15) is 4.79 Å². The third-order valence-corrected chi connectivity index (χ3v) is 6.01. The Balaban J connectivity index is 1.56. The molecule has 0 spiro atoms. The van der Waals surface area contributed by atoms with Crippen LogP contribution < -0.4 is 5.32 Å². The molecular weight excluding hydrogens is 366 g/mol. The Morgan fingerprint density at radius 1 is 1.04 bits per heavy atom. The molecule has 0 unspecified atom stereocenters. The van der Waals surface area contributed by atoms with Crippen LogP contribution in [0.3, 0.4) is 0 Å². The number of benzene rings is 2. The van der Waals surface area contributed by atoms with E-state index in [1.54, 1.807) is 11.8 Å².